The third-order valence-corrected chi connectivity index (χ3v) is 5.21. The molecule has 0 aromatic heterocycles. The van der Waals surface area contributed by atoms with Gasteiger partial charge in [0.15, 0.2) is 0 Å². The van der Waals surface area contributed by atoms with Crippen LogP contribution in [0.3, 0.4) is 0 Å². The molecule has 27 heavy (non-hydrogen) atoms. The first kappa shape index (κ1) is 21.0. The molecule has 3 nitrogen and oxygen atoms in total. The van der Waals surface area contributed by atoms with Crippen LogP contribution in [0.5, 0.6) is 11.5 Å². The Kier molecular flexibility index (Phi) is 7.43. The summed E-state index contributed by atoms with van der Waals surface area (Å²) in [6.07, 6.45) is -3.34. The highest BCUT2D eigenvalue weighted by Gasteiger charge is 2.30. The minimum atomic E-state index is -4.37. The van der Waals surface area contributed by atoms with E-state index in [2.05, 4.69) is 6.07 Å². The number of nitrogens with zero attached hydrogens (tertiary/aromatic N) is 1. The number of rotatable bonds is 8. The summed E-state index contributed by atoms with van der Waals surface area (Å²) in [6, 6.07) is 12.1. The van der Waals surface area contributed by atoms with Crippen LogP contribution >= 0.6 is 11.8 Å². The number of halogens is 3. The number of nitriles is 1. The average molecular weight is 395 g/mol. The summed E-state index contributed by atoms with van der Waals surface area (Å²) in [7, 11) is 0. The van der Waals surface area contributed by atoms with Crippen molar-refractivity contribution in [1.29, 1.82) is 5.26 Å². The minimum Gasteiger partial charge on any atom is -0.508 e. The van der Waals surface area contributed by atoms with Crippen molar-refractivity contribution in [2.75, 3.05) is 12.4 Å². The predicted octanol–water partition coefficient (Wildman–Crippen LogP) is 5.81. The number of phenols is 1. The third kappa shape index (κ3) is 6.72. The number of phenolic OH excluding ortho intramolecular Hbond substituents is 1. The Morgan fingerprint density at radius 3 is 2.48 bits per heavy atom. The molecule has 0 aliphatic rings. The molecule has 1 N–H and O–H groups in total. The molecule has 0 spiro atoms. The molecule has 0 amide bonds. The summed E-state index contributed by atoms with van der Waals surface area (Å²) in [4.78, 5) is 1.00. The molecule has 144 valence electrons. The van der Waals surface area contributed by atoms with Crippen molar-refractivity contribution in [2.24, 2.45) is 5.92 Å². The number of aryl methyl sites for hydroxylation is 1. The van der Waals surface area contributed by atoms with Gasteiger partial charge in [-0.2, -0.15) is 18.4 Å². The van der Waals surface area contributed by atoms with Crippen molar-refractivity contribution in [1.82, 2.24) is 0 Å². The highest BCUT2D eigenvalue weighted by molar-refractivity contribution is 7.99. The molecule has 0 aliphatic heterocycles. The molecule has 2 rings (SSSR count). The number of alkyl halides is 3. The molecule has 1 atom stereocenters. The van der Waals surface area contributed by atoms with Crippen molar-refractivity contribution >= 4 is 11.8 Å². The zero-order valence-electron chi connectivity index (χ0n) is 14.8. The van der Waals surface area contributed by atoms with Gasteiger partial charge in [0.05, 0.1) is 18.2 Å². The summed E-state index contributed by atoms with van der Waals surface area (Å²) < 4.78 is 43.4. The van der Waals surface area contributed by atoms with E-state index in [9.17, 15) is 18.3 Å². The van der Waals surface area contributed by atoms with Gasteiger partial charge in [-0.05, 0) is 61.4 Å². The molecule has 1 unspecified atom stereocenters. The van der Waals surface area contributed by atoms with E-state index in [0.717, 1.165) is 22.6 Å². The van der Waals surface area contributed by atoms with Crippen LogP contribution in [0.2, 0.25) is 0 Å². The van der Waals surface area contributed by atoms with Gasteiger partial charge in [-0.3, -0.25) is 0 Å². The van der Waals surface area contributed by atoms with Crippen LogP contribution in [-0.4, -0.2) is 17.5 Å². The van der Waals surface area contributed by atoms with E-state index < -0.39 is 11.7 Å². The van der Waals surface area contributed by atoms with Gasteiger partial charge >= 0.3 is 6.18 Å². The Labute approximate surface area is 160 Å². The third-order valence-electron chi connectivity index (χ3n) is 3.99. The Bertz CT molecular complexity index is 785. The Morgan fingerprint density at radius 2 is 1.89 bits per heavy atom. The van der Waals surface area contributed by atoms with Gasteiger partial charge in [0.25, 0.3) is 0 Å². The fourth-order valence-corrected chi connectivity index (χ4v) is 3.48. The lowest BCUT2D eigenvalue weighted by Crippen LogP contribution is -2.15. The molecule has 0 fully saturated rings. The predicted molar refractivity (Wildman–Crippen MR) is 98.8 cm³/mol. The lowest BCUT2D eigenvalue weighted by atomic mass is 10.1. The molecule has 0 saturated heterocycles. The summed E-state index contributed by atoms with van der Waals surface area (Å²) >= 11 is 1.59. The van der Waals surface area contributed by atoms with Crippen LogP contribution < -0.4 is 4.74 Å². The zero-order valence-corrected chi connectivity index (χ0v) is 15.6. The molecule has 0 heterocycles. The lowest BCUT2D eigenvalue weighted by molar-refractivity contribution is -0.137. The van der Waals surface area contributed by atoms with Gasteiger partial charge in [0, 0.05) is 23.0 Å². The van der Waals surface area contributed by atoms with Gasteiger partial charge in [-0.15, -0.1) is 11.8 Å². The fourth-order valence-electron chi connectivity index (χ4n) is 2.37. The van der Waals surface area contributed by atoms with Crippen molar-refractivity contribution < 1.29 is 23.0 Å². The second-order valence-corrected chi connectivity index (χ2v) is 7.25. The smallest absolute Gasteiger partial charge is 0.416 e. The number of hydrogen-bond acceptors (Lipinski definition) is 4. The van der Waals surface area contributed by atoms with Crippen molar-refractivity contribution in [3.63, 3.8) is 0 Å². The van der Waals surface area contributed by atoms with Gasteiger partial charge in [0.2, 0.25) is 0 Å². The van der Waals surface area contributed by atoms with Crippen LogP contribution in [0.15, 0.2) is 47.4 Å². The number of thioether (sulfide) groups is 1. The van der Waals surface area contributed by atoms with Crippen molar-refractivity contribution in [3.8, 4) is 17.6 Å². The first-order valence-corrected chi connectivity index (χ1v) is 9.37. The molecular weight excluding hydrogens is 375 g/mol. The Balaban J connectivity index is 1.93. The molecule has 0 saturated carbocycles. The van der Waals surface area contributed by atoms with Gasteiger partial charge in [-0.1, -0.05) is 0 Å². The largest absolute Gasteiger partial charge is 0.508 e. The van der Waals surface area contributed by atoms with E-state index in [4.69, 9.17) is 10.00 Å². The van der Waals surface area contributed by atoms with Crippen molar-refractivity contribution in [2.45, 2.75) is 30.8 Å². The fraction of sp³-hybridized carbons (Fsp3) is 0.350. The lowest BCUT2D eigenvalue weighted by Gasteiger charge is -2.17. The summed E-state index contributed by atoms with van der Waals surface area (Å²) in [5, 5.41) is 18.4. The summed E-state index contributed by atoms with van der Waals surface area (Å²) in [6.45, 7) is 2.14. The topological polar surface area (TPSA) is 53.2 Å². The summed E-state index contributed by atoms with van der Waals surface area (Å²) in [5.74, 6) is 1.39. The van der Waals surface area contributed by atoms with Crippen molar-refractivity contribution in [3.05, 3.63) is 53.6 Å². The summed E-state index contributed by atoms with van der Waals surface area (Å²) in [5.41, 5.74) is 0.0729. The van der Waals surface area contributed by atoms with E-state index in [0.29, 0.717) is 31.0 Å². The van der Waals surface area contributed by atoms with Gasteiger partial charge in [0.1, 0.15) is 11.5 Å². The van der Waals surface area contributed by atoms with Crippen LogP contribution in [-0.2, 0) is 6.18 Å². The number of hydrogen-bond donors (Lipinski definition) is 1. The van der Waals surface area contributed by atoms with Crippen LogP contribution in [0, 0.1) is 24.2 Å². The molecule has 0 aliphatic carbocycles. The molecule has 0 radical (unpaired) electrons. The maximum Gasteiger partial charge on any atom is 0.416 e. The number of ether oxygens (including phenoxy) is 1. The maximum absolute atomic E-state index is 12.6. The number of aromatic hydroxyl groups is 1. The SMILES string of the molecule is Cc1cc(SCC(CCC#N)COc2ccc(C(F)(F)F)cc2)ccc1O. The normalized spacial score (nSPS) is 12.4. The van der Waals surface area contributed by atoms with E-state index in [1.165, 1.54) is 12.1 Å². The number of benzene rings is 2. The second kappa shape index (κ2) is 9.56. The van der Waals surface area contributed by atoms with Crippen LogP contribution in [0.4, 0.5) is 13.2 Å². The molecule has 2 aromatic rings. The van der Waals surface area contributed by atoms with Gasteiger partial charge in [-0.25, -0.2) is 0 Å². The van der Waals surface area contributed by atoms with Crippen LogP contribution in [0.1, 0.15) is 24.0 Å². The van der Waals surface area contributed by atoms with E-state index in [1.54, 1.807) is 17.8 Å². The molecule has 0 bridgehead atoms. The molecule has 2 aromatic carbocycles. The average Bonchev–Trinajstić information content (AvgIpc) is 2.63. The van der Waals surface area contributed by atoms with Gasteiger partial charge < -0.3 is 9.84 Å². The van der Waals surface area contributed by atoms with Crippen LogP contribution in [0.25, 0.3) is 0 Å². The standard InChI is InChI=1S/C20H20F3NO2S/c1-14-11-18(8-9-19(14)25)27-13-15(3-2-10-24)12-26-17-6-4-16(5-7-17)20(21,22)23/h4-9,11,15,25H,2-3,12-13H2,1H3. The highest BCUT2D eigenvalue weighted by Crippen LogP contribution is 2.31. The highest BCUT2D eigenvalue weighted by atomic mass is 32.2. The second-order valence-electron chi connectivity index (χ2n) is 6.16. The monoisotopic (exact) mass is 395 g/mol. The Hall–Kier alpha value is -2.33. The molecular formula is C20H20F3NO2S. The quantitative estimate of drug-likeness (QED) is 0.573. The minimum absolute atomic E-state index is 0.0750. The van der Waals surface area contributed by atoms with E-state index in [-0.39, 0.29) is 11.7 Å². The van der Waals surface area contributed by atoms with E-state index in [1.807, 2.05) is 19.1 Å². The van der Waals surface area contributed by atoms with E-state index >= 15 is 0 Å². The molecule has 7 heteroatoms. The maximum atomic E-state index is 12.6. The first-order valence-electron chi connectivity index (χ1n) is 8.39. The Morgan fingerprint density at radius 1 is 1.19 bits per heavy atom. The first-order chi connectivity index (χ1) is 12.8. The zero-order chi connectivity index (χ0) is 19.9.